The molecule has 1 aliphatic heterocycles. The highest BCUT2D eigenvalue weighted by Gasteiger charge is 2.34. The van der Waals surface area contributed by atoms with Gasteiger partial charge in [-0.3, -0.25) is 10.00 Å². The van der Waals surface area contributed by atoms with E-state index in [0.717, 1.165) is 11.3 Å². The summed E-state index contributed by atoms with van der Waals surface area (Å²) in [6.07, 6.45) is 0.530. The maximum Gasteiger partial charge on any atom is 0.408 e. The summed E-state index contributed by atoms with van der Waals surface area (Å²) in [5, 5.41) is 24.3. The van der Waals surface area contributed by atoms with Crippen LogP contribution < -0.4 is 0 Å². The van der Waals surface area contributed by atoms with E-state index in [-0.39, 0.29) is 13.2 Å². The fourth-order valence-electron chi connectivity index (χ4n) is 1.58. The van der Waals surface area contributed by atoms with Crippen molar-refractivity contribution < 1.29 is 15.0 Å². The first kappa shape index (κ1) is 8.06. The van der Waals surface area contributed by atoms with Gasteiger partial charge in [0.1, 0.15) is 0 Å². The maximum atomic E-state index is 10.7. The first-order chi connectivity index (χ1) is 6.24. The second-order valence-electron chi connectivity index (χ2n) is 2.91. The van der Waals surface area contributed by atoms with Crippen molar-refractivity contribution in [2.45, 2.75) is 12.6 Å². The standard InChI is InChI=1S/C7H9N3O3/c11-3-6-4-1-8-9-5(4)2-10(6)7(12)13/h1,6,11H,2-3H2,(H,8,9)(H,12,13)/t6-/m1/s1. The third kappa shape index (κ3) is 1.06. The second kappa shape index (κ2) is 2.74. The molecule has 1 aromatic rings. The average Bonchev–Trinajstić information content (AvgIpc) is 2.60. The van der Waals surface area contributed by atoms with E-state index in [9.17, 15) is 4.79 Å². The zero-order valence-electron chi connectivity index (χ0n) is 6.77. The lowest BCUT2D eigenvalue weighted by Gasteiger charge is -2.19. The molecule has 1 atom stereocenters. The Morgan fingerprint density at radius 1 is 1.85 bits per heavy atom. The molecule has 1 amide bonds. The van der Waals surface area contributed by atoms with Crippen molar-refractivity contribution in [2.75, 3.05) is 6.61 Å². The van der Waals surface area contributed by atoms with E-state index in [1.807, 2.05) is 0 Å². The zero-order valence-corrected chi connectivity index (χ0v) is 6.77. The summed E-state index contributed by atoms with van der Waals surface area (Å²) < 4.78 is 0. The van der Waals surface area contributed by atoms with Gasteiger partial charge in [-0.15, -0.1) is 0 Å². The molecule has 6 nitrogen and oxygen atoms in total. The summed E-state index contributed by atoms with van der Waals surface area (Å²) in [6.45, 7) is 0.0642. The predicted octanol–water partition coefficient (Wildman–Crippen LogP) is -0.0633. The van der Waals surface area contributed by atoms with Gasteiger partial charge in [0, 0.05) is 5.56 Å². The van der Waals surface area contributed by atoms with Crippen molar-refractivity contribution in [2.24, 2.45) is 0 Å². The van der Waals surface area contributed by atoms with E-state index >= 15 is 0 Å². The average molecular weight is 183 g/mol. The molecule has 70 valence electrons. The molecule has 0 aliphatic carbocycles. The van der Waals surface area contributed by atoms with Crippen molar-refractivity contribution >= 4 is 6.09 Å². The fourth-order valence-corrected chi connectivity index (χ4v) is 1.58. The minimum Gasteiger partial charge on any atom is -0.465 e. The first-order valence-electron chi connectivity index (χ1n) is 3.86. The van der Waals surface area contributed by atoms with Crippen LogP contribution in [0.2, 0.25) is 0 Å². The highest BCUT2D eigenvalue weighted by Crippen LogP contribution is 2.31. The van der Waals surface area contributed by atoms with Gasteiger partial charge >= 0.3 is 6.09 Å². The Labute approximate surface area is 73.8 Å². The molecule has 1 aromatic heterocycles. The normalized spacial score (nSPS) is 20.4. The van der Waals surface area contributed by atoms with E-state index in [0.29, 0.717) is 0 Å². The number of carboxylic acid groups (broad SMARTS) is 1. The minimum absolute atomic E-state index is 0.209. The van der Waals surface area contributed by atoms with E-state index in [1.165, 1.54) is 4.90 Å². The number of aliphatic hydroxyl groups excluding tert-OH is 1. The van der Waals surface area contributed by atoms with Gasteiger partial charge in [0.2, 0.25) is 0 Å². The number of aromatic amines is 1. The van der Waals surface area contributed by atoms with Gasteiger partial charge in [-0.05, 0) is 0 Å². The summed E-state index contributed by atoms with van der Waals surface area (Å²) in [5.41, 5.74) is 1.53. The largest absolute Gasteiger partial charge is 0.465 e. The highest BCUT2D eigenvalue weighted by atomic mass is 16.4. The Morgan fingerprint density at radius 2 is 2.62 bits per heavy atom. The van der Waals surface area contributed by atoms with Gasteiger partial charge in [-0.1, -0.05) is 0 Å². The third-order valence-corrected chi connectivity index (χ3v) is 2.23. The molecule has 2 rings (SSSR count). The molecule has 0 aromatic carbocycles. The van der Waals surface area contributed by atoms with E-state index < -0.39 is 12.1 Å². The molecule has 0 fully saturated rings. The quantitative estimate of drug-likeness (QED) is 0.568. The first-order valence-corrected chi connectivity index (χ1v) is 3.86. The van der Waals surface area contributed by atoms with Crippen LogP contribution in [0.3, 0.4) is 0 Å². The van der Waals surface area contributed by atoms with E-state index in [2.05, 4.69) is 10.2 Å². The molecule has 6 heteroatoms. The maximum absolute atomic E-state index is 10.7. The summed E-state index contributed by atoms with van der Waals surface area (Å²) in [5.74, 6) is 0. The van der Waals surface area contributed by atoms with Crippen LogP contribution in [0.15, 0.2) is 6.20 Å². The zero-order chi connectivity index (χ0) is 9.42. The Morgan fingerprint density at radius 3 is 3.23 bits per heavy atom. The van der Waals surface area contributed by atoms with Crippen LogP contribution >= 0.6 is 0 Å². The number of amides is 1. The Balaban J connectivity index is 2.32. The third-order valence-electron chi connectivity index (χ3n) is 2.23. The number of H-pyrrole nitrogens is 1. The summed E-state index contributed by atoms with van der Waals surface area (Å²) in [4.78, 5) is 11.9. The number of fused-ring (bicyclic) bond motifs is 1. The molecule has 0 saturated heterocycles. The van der Waals surface area contributed by atoms with Crippen molar-refractivity contribution in [1.29, 1.82) is 0 Å². The molecule has 1 aliphatic rings. The summed E-state index contributed by atoms with van der Waals surface area (Å²) in [6, 6.07) is -0.466. The van der Waals surface area contributed by atoms with Crippen molar-refractivity contribution in [3.8, 4) is 0 Å². The molecule has 0 saturated carbocycles. The predicted molar refractivity (Wildman–Crippen MR) is 42.0 cm³/mol. The van der Waals surface area contributed by atoms with Crippen molar-refractivity contribution in [3.05, 3.63) is 17.5 Å². The van der Waals surface area contributed by atoms with Gasteiger partial charge in [-0.2, -0.15) is 5.10 Å². The number of nitrogens with zero attached hydrogens (tertiary/aromatic N) is 2. The van der Waals surface area contributed by atoms with Crippen LogP contribution in [-0.2, 0) is 6.54 Å². The number of hydrogen-bond acceptors (Lipinski definition) is 3. The van der Waals surface area contributed by atoms with Crippen LogP contribution in [-0.4, -0.2) is 38.0 Å². The van der Waals surface area contributed by atoms with Crippen molar-refractivity contribution in [1.82, 2.24) is 15.1 Å². The number of nitrogens with one attached hydrogen (secondary N) is 1. The van der Waals surface area contributed by atoms with Crippen LogP contribution in [0.5, 0.6) is 0 Å². The highest BCUT2D eigenvalue weighted by molar-refractivity contribution is 5.67. The lowest BCUT2D eigenvalue weighted by molar-refractivity contribution is 0.103. The molecule has 3 N–H and O–H groups in total. The van der Waals surface area contributed by atoms with Crippen LogP contribution in [0.1, 0.15) is 17.3 Å². The van der Waals surface area contributed by atoms with Gasteiger partial charge < -0.3 is 10.2 Å². The molecule has 0 bridgehead atoms. The number of carbonyl (C=O) groups is 1. The molecule has 13 heavy (non-hydrogen) atoms. The fraction of sp³-hybridized carbons (Fsp3) is 0.429. The van der Waals surface area contributed by atoms with E-state index in [1.54, 1.807) is 6.20 Å². The van der Waals surface area contributed by atoms with Gasteiger partial charge in [0.25, 0.3) is 0 Å². The molecule has 0 radical (unpaired) electrons. The number of aromatic nitrogens is 2. The second-order valence-corrected chi connectivity index (χ2v) is 2.91. The molecule has 0 unspecified atom stereocenters. The lowest BCUT2D eigenvalue weighted by atomic mass is 10.2. The Bertz CT molecular complexity index is 335. The molecular weight excluding hydrogens is 174 g/mol. The van der Waals surface area contributed by atoms with Gasteiger partial charge in [-0.25, -0.2) is 4.79 Å². The monoisotopic (exact) mass is 183 g/mol. The summed E-state index contributed by atoms with van der Waals surface area (Å²) in [7, 11) is 0. The van der Waals surface area contributed by atoms with Crippen LogP contribution in [0.4, 0.5) is 4.79 Å². The van der Waals surface area contributed by atoms with Crippen LogP contribution in [0.25, 0.3) is 0 Å². The number of rotatable bonds is 1. The topological polar surface area (TPSA) is 89.5 Å². The molecular formula is C7H9N3O3. The lowest BCUT2D eigenvalue weighted by Crippen LogP contribution is -2.30. The minimum atomic E-state index is -1.02. The van der Waals surface area contributed by atoms with Gasteiger partial charge in [0.05, 0.1) is 31.1 Å². The van der Waals surface area contributed by atoms with Gasteiger partial charge in [0.15, 0.2) is 0 Å². The summed E-state index contributed by atoms with van der Waals surface area (Å²) >= 11 is 0. The van der Waals surface area contributed by atoms with E-state index in [4.69, 9.17) is 10.2 Å². The smallest absolute Gasteiger partial charge is 0.408 e. The Hall–Kier alpha value is -1.56. The Kier molecular flexibility index (Phi) is 1.70. The molecule has 0 spiro atoms. The number of aliphatic hydroxyl groups is 1. The van der Waals surface area contributed by atoms with Crippen LogP contribution in [0, 0.1) is 0 Å². The SMILES string of the molecule is O=C(O)N1Cc2[nH]ncc2[C@H]1CO. The van der Waals surface area contributed by atoms with Crippen molar-refractivity contribution in [3.63, 3.8) is 0 Å². The molecule has 2 heterocycles. The number of hydrogen-bond donors (Lipinski definition) is 3.